The molecule has 1 amide bonds. The van der Waals surface area contributed by atoms with Crippen LogP contribution in [-0.2, 0) is 11.0 Å². The van der Waals surface area contributed by atoms with Gasteiger partial charge in [-0.05, 0) is 42.5 Å². The second kappa shape index (κ2) is 7.13. The predicted molar refractivity (Wildman–Crippen MR) is 76.6 cm³/mol. The first kappa shape index (κ1) is 16.8. The van der Waals surface area contributed by atoms with Crippen LogP contribution in [0.1, 0.15) is 12.0 Å². The van der Waals surface area contributed by atoms with Gasteiger partial charge in [-0.3, -0.25) is 4.79 Å². The largest absolute Gasteiger partial charge is 0.493 e. The molecule has 0 saturated carbocycles. The van der Waals surface area contributed by atoms with Gasteiger partial charge >= 0.3 is 6.18 Å². The van der Waals surface area contributed by atoms with Gasteiger partial charge in [0.2, 0.25) is 5.91 Å². The molecular weight excluding hydrogens is 314 g/mol. The lowest BCUT2D eigenvalue weighted by Crippen LogP contribution is -2.16. The van der Waals surface area contributed by atoms with E-state index in [0.717, 1.165) is 12.1 Å². The van der Waals surface area contributed by atoms with E-state index in [4.69, 9.17) is 4.74 Å². The summed E-state index contributed by atoms with van der Waals surface area (Å²) in [6, 6.07) is 9.64. The van der Waals surface area contributed by atoms with Gasteiger partial charge in [-0.25, -0.2) is 4.39 Å². The van der Waals surface area contributed by atoms with Gasteiger partial charge in [0.15, 0.2) is 0 Å². The maximum absolute atomic E-state index is 12.7. The third kappa shape index (κ3) is 5.28. The maximum Gasteiger partial charge on any atom is 0.416 e. The second-order valence-electron chi connectivity index (χ2n) is 4.68. The summed E-state index contributed by atoms with van der Waals surface area (Å²) in [5.41, 5.74) is -0.774. The zero-order chi connectivity index (χ0) is 16.9. The van der Waals surface area contributed by atoms with Gasteiger partial charge in [0.1, 0.15) is 11.6 Å². The number of nitrogens with one attached hydrogen (secondary N) is 1. The van der Waals surface area contributed by atoms with E-state index in [-0.39, 0.29) is 18.7 Å². The Kier molecular flexibility index (Phi) is 5.20. The molecular formula is C16H13F4NO2. The van der Waals surface area contributed by atoms with Crippen LogP contribution in [0.4, 0.5) is 23.2 Å². The van der Waals surface area contributed by atoms with Gasteiger partial charge < -0.3 is 10.1 Å². The molecule has 0 bridgehead atoms. The van der Waals surface area contributed by atoms with Gasteiger partial charge in [0.25, 0.3) is 0 Å². The summed E-state index contributed by atoms with van der Waals surface area (Å²) in [4.78, 5) is 11.7. The number of benzene rings is 2. The van der Waals surface area contributed by atoms with Crippen molar-refractivity contribution >= 4 is 11.6 Å². The highest BCUT2D eigenvalue weighted by molar-refractivity contribution is 5.90. The van der Waals surface area contributed by atoms with Crippen molar-refractivity contribution in [2.75, 3.05) is 11.9 Å². The van der Waals surface area contributed by atoms with Crippen LogP contribution in [0.25, 0.3) is 0 Å². The summed E-state index contributed by atoms with van der Waals surface area (Å²) in [7, 11) is 0. The standard InChI is InChI=1S/C16H13F4NO2/c17-12-4-6-14(7-5-12)23-9-8-15(22)21-13-3-1-2-11(10-13)16(18,19)20/h1-7,10H,8-9H2,(H,21,22). The average molecular weight is 327 g/mol. The molecule has 7 heteroatoms. The first-order valence-electron chi connectivity index (χ1n) is 6.70. The zero-order valence-corrected chi connectivity index (χ0v) is 11.9. The summed E-state index contributed by atoms with van der Waals surface area (Å²) in [5, 5.41) is 2.37. The Morgan fingerprint density at radius 2 is 1.78 bits per heavy atom. The van der Waals surface area contributed by atoms with Gasteiger partial charge in [0, 0.05) is 5.69 Å². The van der Waals surface area contributed by atoms with Crippen molar-refractivity contribution in [2.45, 2.75) is 12.6 Å². The number of carbonyl (C=O) groups is 1. The van der Waals surface area contributed by atoms with Crippen molar-refractivity contribution < 1.29 is 27.1 Å². The molecule has 0 heterocycles. The molecule has 0 unspecified atom stereocenters. The van der Waals surface area contributed by atoms with Gasteiger partial charge in [0.05, 0.1) is 18.6 Å². The van der Waals surface area contributed by atoms with E-state index in [2.05, 4.69) is 5.32 Å². The van der Waals surface area contributed by atoms with Crippen molar-refractivity contribution in [3.05, 3.63) is 59.9 Å². The van der Waals surface area contributed by atoms with Crippen LogP contribution in [0.15, 0.2) is 48.5 Å². The van der Waals surface area contributed by atoms with Crippen LogP contribution in [0, 0.1) is 5.82 Å². The average Bonchev–Trinajstić information content (AvgIpc) is 2.49. The number of ether oxygens (including phenoxy) is 1. The van der Waals surface area contributed by atoms with Crippen molar-refractivity contribution in [1.82, 2.24) is 0 Å². The zero-order valence-electron chi connectivity index (χ0n) is 11.9. The van der Waals surface area contributed by atoms with Gasteiger partial charge in [-0.1, -0.05) is 6.07 Å². The minimum atomic E-state index is -4.47. The van der Waals surface area contributed by atoms with Crippen LogP contribution in [0.3, 0.4) is 0 Å². The highest BCUT2D eigenvalue weighted by Crippen LogP contribution is 2.30. The second-order valence-corrected chi connectivity index (χ2v) is 4.68. The number of anilines is 1. The molecule has 0 aliphatic rings. The number of amides is 1. The Bertz CT molecular complexity index is 669. The van der Waals surface area contributed by atoms with E-state index in [9.17, 15) is 22.4 Å². The molecule has 0 saturated heterocycles. The fraction of sp³-hybridized carbons (Fsp3) is 0.188. The molecule has 122 valence electrons. The van der Waals surface area contributed by atoms with E-state index in [1.54, 1.807) is 0 Å². The molecule has 3 nitrogen and oxygen atoms in total. The summed E-state index contributed by atoms with van der Waals surface area (Å²) in [5.74, 6) is -0.482. The predicted octanol–water partition coefficient (Wildman–Crippen LogP) is 4.25. The Hall–Kier alpha value is -2.57. The minimum Gasteiger partial charge on any atom is -0.493 e. The highest BCUT2D eigenvalue weighted by atomic mass is 19.4. The van der Waals surface area contributed by atoms with Crippen LogP contribution < -0.4 is 10.1 Å². The number of hydrogen-bond acceptors (Lipinski definition) is 2. The summed E-state index contributed by atoms with van der Waals surface area (Å²) in [6.45, 7) is 0.0242. The monoisotopic (exact) mass is 327 g/mol. The normalized spacial score (nSPS) is 11.1. The number of hydrogen-bond donors (Lipinski definition) is 1. The first-order chi connectivity index (χ1) is 10.8. The highest BCUT2D eigenvalue weighted by Gasteiger charge is 2.30. The van der Waals surface area contributed by atoms with Crippen LogP contribution >= 0.6 is 0 Å². The summed E-state index contributed by atoms with van der Waals surface area (Å²) < 4.78 is 55.6. The molecule has 1 N–H and O–H groups in total. The van der Waals surface area contributed by atoms with E-state index < -0.39 is 23.5 Å². The molecule has 0 aromatic heterocycles. The van der Waals surface area contributed by atoms with Crippen LogP contribution in [-0.4, -0.2) is 12.5 Å². The van der Waals surface area contributed by atoms with Crippen molar-refractivity contribution in [3.8, 4) is 5.75 Å². The number of carbonyl (C=O) groups excluding carboxylic acids is 1. The number of halogens is 4. The number of alkyl halides is 3. The molecule has 0 aliphatic heterocycles. The van der Waals surface area contributed by atoms with E-state index in [1.807, 2.05) is 0 Å². The first-order valence-corrected chi connectivity index (χ1v) is 6.70. The molecule has 0 spiro atoms. The third-order valence-electron chi connectivity index (χ3n) is 2.89. The maximum atomic E-state index is 12.7. The van der Waals surface area contributed by atoms with E-state index in [1.165, 1.54) is 36.4 Å². The molecule has 2 aromatic carbocycles. The lowest BCUT2D eigenvalue weighted by molar-refractivity contribution is -0.137. The Morgan fingerprint density at radius 3 is 2.43 bits per heavy atom. The molecule has 0 aliphatic carbocycles. The molecule has 0 radical (unpaired) electrons. The lowest BCUT2D eigenvalue weighted by Gasteiger charge is -2.10. The molecule has 2 aromatic rings. The quantitative estimate of drug-likeness (QED) is 0.834. The number of rotatable bonds is 5. The van der Waals surface area contributed by atoms with Crippen molar-refractivity contribution in [1.29, 1.82) is 0 Å². The SMILES string of the molecule is O=C(CCOc1ccc(F)cc1)Nc1cccc(C(F)(F)F)c1. The van der Waals surface area contributed by atoms with E-state index in [0.29, 0.717) is 5.75 Å². The Balaban J connectivity index is 1.84. The summed E-state index contributed by atoms with van der Waals surface area (Å²) in [6.07, 6.45) is -4.51. The van der Waals surface area contributed by atoms with Crippen molar-refractivity contribution in [2.24, 2.45) is 0 Å². The van der Waals surface area contributed by atoms with E-state index >= 15 is 0 Å². The molecule has 0 fully saturated rings. The Morgan fingerprint density at radius 1 is 1.09 bits per heavy atom. The van der Waals surface area contributed by atoms with Crippen LogP contribution in [0.2, 0.25) is 0 Å². The van der Waals surface area contributed by atoms with Crippen LogP contribution in [0.5, 0.6) is 5.75 Å². The molecule has 2 rings (SSSR count). The minimum absolute atomic E-state index is 0.0242. The van der Waals surface area contributed by atoms with Gasteiger partial charge in [-0.15, -0.1) is 0 Å². The molecule has 23 heavy (non-hydrogen) atoms. The van der Waals surface area contributed by atoms with Crippen molar-refractivity contribution in [3.63, 3.8) is 0 Å². The topological polar surface area (TPSA) is 38.3 Å². The lowest BCUT2D eigenvalue weighted by atomic mass is 10.2. The van der Waals surface area contributed by atoms with Gasteiger partial charge in [-0.2, -0.15) is 13.2 Å². The molecule has 0 atom stereocenters. The summed E-state index contributed by atoms with van der Waals surface area (Å²) >= 11 is 0. The smallest absolute Gasteiger partial charge is 0.416 e. The third-order valence-corrected chi connectivity index (χ3v) is 2.89. The fourth-order valence-corrected chi connectivity index (χ4v) is 1.79. The Labute approximate surface area is 129 Å². The fourth-order valence-electron chi connectivity index (χ4n) is 1.79.